The minimum atomic E-state index is -0.617. The minimum Gasteiger partial charge on any atom is -0.457 e. The fourth-order valence-corrected chi connectivity index (χ4v) is 6.96. The molecule has 5 rings (SSSR count). The van der Waals surface area contributed by atoms with Crippen molar-refractivity contribution in [2.75, 3.05) is 11.1 Å². The number of nitrogens with one attached hydrogen (secondary N) is 2. The second-order valence-electron chi connectivity index (χ2n) is 12.2. The number of hydrogen-bond acceptors (Lipinski definition) is 5. The average molecular weight is 631 g/mol. The van der Waals surface area contributed by atoms with Gasteiger partial charge in [-0.25, -0.2) is 4.79 Å². The summed E-state index contributed by atoms with van der Waals surface area (Å²) in [7, 11) is 0. The molecule has 5 aromatic carbocycles. The van der Waals surface area contributed by atoms with Crippen molar-refractivity contribution in [3.8, 4) is 11.5 Å². The molecule has 46 heavy (non-hydrogen) atoms. The minimum absolute atomic E-state index is 0.406. The molecule has 0 heterocycles. The van der Waals surface area contributed by atoms with E-state index in [0.717, 1.165) is 22.8 Å². The van der Waals surface area contributed by atoms with E-state index >= 15 is 0 Å². The van der Waals surface area contributed by atoms with Gasteiger partial charge in [-0.1, -0.05) is 109 Å². The summed E-state index contributed by atoms with van der Waals surface area (Å²) in [4.78, 5) is 13.0. The summed E-state index contributed by atoms with van der Waals surface area (Å²) < 4.78 is 11.3. The Bertz CT molecular complexity index is 1590. The number of alkyl carbamates (subject to hydrolysis) is 1. The topological polar surface area (TPSA) is 59.6 Å². The first-order chi connectivity index (χ1) is 22.2. The summed E-state index contributed by atoms with van der Waals surface area (Å²) in [5, 5.41) is 6.61. The van der Waals surface area contributed by atoms with Crippen molar-refractivity contribution in [2.45, 2.75) is 50.6 Å². The number of carbonyl (C=O) groups is 1. The van der Waals surface area contributed by atoms with E-state index in [1.807, 2.05) is 88.0 Å². The van der Waals surface area contributed by atoms with Crippen LogP contribution in [0.3, 0.4) is 0 Å². The van der Waals surface area contributed by atoms with Gasteiger partial charge in [-0.05, 0) is 86.4 Å². The predicted octanol–water partition coefficient (Wildman–Crippen LogP) is 10.2. The van der Waals surface area contributed by atoms with Crippen LogP contribution in [0.4, 0.5) is 10.5 Å². The van der Waals surface area contributed by atoms with Gasteiger partial charge in [0.05, 0.1) is 4.75 Å². The van der Waals surface area contributed by atoms with Gasteiger partial charge in [0.15, 0.2) is 0 Å². The first-order valence-corrected chi connectivity index (χ1v) is 16.6. The zero-order chi connectivity index (χ0) is 32.4. The number of benzene rings is 5. The van der Waals surface area contributed by atoms with Gasteiger partial charge in [0, 0.05) is 11.8 Å². The van der Waals surface area contributed by atoms with Crippen LogP contribution in [0, 0.1) is 6.92 Å². The Morgan fingerprint density at radius 3 is 1.74 bits per heavy atom. The van der Waals surface area contributed by atoms with E-state index in [1.165, 1.54) is 16.7 Å². The molecule has 0 aromatic heterocycles. The largest absolute Gasteiger partial charge is 0.457 e. The first kappa shape index (κ1) is 32.7. The number of thioether (sulfide) groups is 1. The van der Waals surface area contributed by atoms with Gasteiger partial charge < -0.3 is 20.1 Å². The zero-order valence-electron chi connectivity index (χ0n) is 26.9. The smallest absolute Gasteiger partial charge is 0.409 e. The average Bonchev–Trinajstić information content (AvgIpc) is 3.04. The number of anilines is 1. The van der Waals surface area contributed by atoms with Crippen LogP contribution in [0.25, 0.3) is 0 Å². The number of ether oxygens (including phenoxy) is 2. The molecule has 0 fully saturated rings. The first-order valence-electron chi connectivity index (χ1n) is 15.6. The highest BCUT2D eigenvalue weighted by molar-refractivity contribution is 8.00. The van der Waals surface area contributed by atoms with Crippen molar-refractivity contribution < 1.29 is 14.3 Å². The number of hydrogen-bond donors (Lipinski definition) is 2. The van der Waals surface area contributed by atoms with Gasteiger partial charge >= 0.3 is 6.09 Å². The monoisotopic (exact) mass is 630 g/mol. The molecular formula is C40H42N2O3S. The van der Waals surface area contributed by atoms with E-state index in [0.29, 0.717) is 12.2 Å². The Kier molecular flexibility index (Phi) is 10.7. The molecule has 236 valence electrons. The van der Waals surface area contributed by atoms with Crippen LogP contribution in [0.15, 0.2) is 140 Å². The molecular weight excluding hydrogens is 589 g/mol. The predicted molar refractivity (Wildman–Crippen MR) is 191 cm³/mol. The maximum absolute atomic E-state index is 13.0. The van der Waals surface area contributed by atoms with Crippen LogP contribution in [0.5, 0.6) is 11.5 Å². The quantitative estimate of drug-likeness (QED) is 0.106. The van der Waals surface area contributed by atoms with Gasteiger partial charge in [0.25, 0.3) is 0 Å². The van der Waals surface area contributed by atoms with E-state index in [4.69, 9.17) is 9.47 Å². The molecule has 0 aliphatic carbocycles. The SMILES string of the molecule is Cc1cccc(Oc2cccc(N[C@@H](CCSC(c3ccccc3)(c3ccccc3)c3ccccc3)NC(=O)OC(C)(C)C)c2)c1. The van der Waals surface area contributed by atoms with E-state index in [9.17, 15) is 4.79 Å². The Hall–Kier alpha value is -4.68. The van der Waals surface area contributed by atoms with Crippen LogP contribution in [-0.4, -0.2) is 23.6 Å². The highest BCUT2D eigenvalue weighted by Gasteiger charge is 2.37. The van der Waals surface area contributed by atoms with E-state index in [2.05, 4.69) is 102 Å². The highest BCUT2D eigenvalue weighted by atomic mass is 32.2. The molecule has 5 nitrogen and oxygen atoms in total. The maximum Gasteiger partial charge on any atom is 0.409 e. The summed E-state index contributed by atoms with van der Waals surface area (Å²) in [6.07, 6.45) is -0.250. The third-order valence-corrected chi connectivity index (χ3v) is 8.94. The van der Waals surface area contributed by atoms with E-state index < -0.39 is 22.6 Å². The number of aryl methyl sites for hydroxylation is 1. The third kappa shape index (κ3) is 8.73. The van der Waals surface area contributed by atoms with Crippen LogP contribution in [0.1, 0.15) is 49.4 Å². The lowest BCUT2D eigenvalue weighted by atomic mass is 9.84. The molecule has 0 bridgehead atoms. The molecule has 1 atom stereocenters. The van der Waals surface area contributed by atoms with E-state index in [1.54, 1.807) is 0 Å². The second kappa shape index (κ2) is 15.1. The van der Waals surface area contributed by atoms with Crippen molar-refractivity contribution >= 4 is 23.5 Å². The van der Waals surface area contributed by atoms with Crippen molar-refractivity contribution in [2.24, 2.45) is 0 Å². The lowest BCUT2D eigenvalue weighted by Gasteiger charge is -2.36. The summed E-state index contributed by atoms with van der Waals surface area (Å²) in [5.41, 5.74) is 4.93. The lowest BCUT2D eigenvalue weighted by Crippen LogP contribution is -2.43. The molecule has 1 amide bonds. The van der Waals surface area contributed by atoms with E-state index in [-0.39, 0.29) is 0 Å². The molecule has 0 aliphatic heterocycles. The molecule has 2 N–H and O–H groups in total. The van der Waals surface area contributed by atoms with Crippen molar-refractivity contribution in [1.29, 1.82) is 0 Å². The van der Waals surface area contributed by atoms with Crippen LogP contribution < -0.4 is 15.4 Å². The van der Waals surface area contributed by atoms with Crippen molar-refractivity contribution in [3.05, 3.63) is 162 Å². The van der Waals surface area contributed by atoms with Gasteiger partial charge in [-0.15, -0.1) is 11.8 Å². The second-order valence-corrected chi connectivity index (χ2v) is 13.5. The van der Waals surface area contributed by atoms with Gasteiger partial charge in [0.1, 0.15) is 23.3 Å². The standard InChI is InChI=1S/C40H42N2O3S/c1-30-16-14-24-35(28-30)44-36-25-15-23-34(29-36)41-37(42-38(43)45-39(2,3)4)26-27-46-40(31-17-8-5-9-18-31,32-19-10-6-11-20-32)33-21-12-7-13-22-33/h5-25,28-29,37,41H,26-27H2,1-4H3,(H,42,43)/t37-/m1/s1. The molecule has 0 radical (unpaired) electrons. The zero-order valence-corrected chi connectivity index (χ0v) is 27.7. The summed E-state index contributed by atoms with van der Waals surface area (Å²) in [6.45, 7) is 7.64. The van der Waals surface area contributed by atoms with Gasteiger partial charge in [-0.3, -0.25) is 0 Å². The summed E-state index contributed by atoms with van der Waals surface area (Å²) in [6, 6.07) is 47.6. The molecule has 0 saturated heterocycles. The molecule has 0 aliphatic rings. The number of amides is 1. The Morgan fingerprint density at radius 1 is 0.696 bits per heavy atom. The summed E-state index contributed by atoms with van der Waals surface area (Å²) >= 11 is 1.86. The molecule has 6 heteroatoms. The molecule has 5 aromatic rings. The van der Waals surface area contributed by atoms with Crippen LogP contribution in [0.2, 0.25) is 0 Å². The molecule has 0 unspecified atom stereocenters. The van der Waals surface area contributed by atoms with Crippen LogP contribution >= 0.6 is 11.8 Å². The van der Waals surface area contributed by atoms with Gasteiger partial charge in [0.2, 0.25) is 0 Å². The Morgan fingerprint density at radius 2 is 1.22 bits per heavy atom. The van der Waals surface area contributed by atoms with Crippen molar-refractivity contribution in [1.82, 2.24) is 5.32 Å². The lowest BCUT2D eigenvalue weighted by molar-refractivity contribution is 0.0509. The summed E-state index contributed by atoms with van der Waals surface area (Å²) in [5.74, 6) is 2.21. The van der Waals surface area contributed by atoms with Crippen molar-refractivity contribution in [3.63, 3.8) is 0 Å². The number of rotatable bonds is 12. The number of carbonyl (C=O) groups excluding carboxylic acids is 1. The third-order valence-electron chi connectivity index (χ3n) is 7.36. The fraction of sp³-hybridized carbons (Fsp3) is 0.225. The fourth-order valence-electron chi connectivity index (χ4n) is 5.39. The van der Waals surface area contributed by atoms with Crippen LogP contribution in [-0.2, 0) is 9.48 Å². The molecule has 0 saturated carbocycles. The maximum atomic E-state index is 13.0. The highest BCUT2D eigenvalue weighted by Crippen LogP contribution is 2.48. The molecule has 0 spiro atoms. The Labute approximate surface area is 277 Å². The Balaban J connectivity index is 1.42. The normalized spacial score (nSPS) is 12.2. The van der Waals surface area contributed by atoms with Gasteiger partial charge in [-0.2, -0.15) is 0 Å².